The van der Waals surface area contributed by atoms with Crippen molar-refractivity contribution in [1.29, 1.82) is 5.26 Å². The van der Waals surface area contributed by atoms with Gasteiger partial charge >= 0.3 is 0 Å². The molecule has 4 nitrogen and oxygen atoms in total. The molecular formula is C18H14Cl2N2O2. The Morgan fingerprint density at radius 2 is 2.00 bits per heavy atom. The van der Waals surface area contributed by atoms with Crippen LogP contribution in [0.5, 0.6) is 5.75 Å². The van der Waals surface area contributed by atoms with Crippen LogP contribution in [0.15, 0.2) is 48.0 Å². The van der Waals surface area contributed by atoms with Crippen molar-refractivity contribution in [3.8, 4) is 11.8 Å². The molecule has 2 aromatic rings. The quantitative estimate of drug-likeness (QED) is 0.641. The molecule has 2 aromatic carbocycles. The minimum Gasteiger partial charge on any atom is -0.495 e. The van der Waals surface area contributed by atoms with Crippen LogP contribution in [-0.4, -0.2) is 13.0 Å². The second kappa shape index (κ2) is 8.39. The lowest BCUT2D eigenvalue weighted by molar-refractivity contribution is -0.117. The normalized spacial score (nSPS) is 10.8. The van der Waals surface area contributed by atoms with Crippen molar-refractivity contribution in [1.82, 2.24) is 5.32 Å². The van der Waals surface area contributed by atoms with Gasteiger partial charge in [-0.3, -0.25) is 4.79 Å². The molecule has 122 valence electrons. The van der Waals surface area contributed by atoms with Crippen LogP contribution in [0.4, 0.5) is 0 Å². The van der Waals surface area contributed by atoms with Gasteiger partial charge in [-0.05, 0) is 23.8 Å². The summed E-state index contributed by atoms with van der Waals surface area (Å²) in [7, 11) is 1.45. The third-order valence-electron chi connectivity index (χ3n) is 3.20. The number of rotatable bonds is 5. The Morgan fingerprint density at radius 1 is 1.29 bits per heavy atom. The summed E-state index contributed by atoms with van der Waals surface area (Å²) in [6, 6.07) is 14.4. The Bertz CT molecular complexity index is 812. The number of nitrogens with one attached hydrogen (secondary N) is 1. The fourth-order valence-corrected chi connectivity index (χ4v) is 2.67. The van der Waals surface area contributed by atoms with Gasteiger partial charge in [-0.2, -0.15) is 5.26 Å². The van der Waals surface area contributed by atoms with Gasteiger partial charge in [0.05, 0.1) is 12.1 Å². The minimum atomic E-state index is -0.487. The molecule has 0 saturated carbocycles. The molecular weight excluding hydrogens is 347 g/mol. The molecule has 0 heterocycles. The van der Waals surface area contributed by atoms with Gasteiger partial charge in [0, 0.05) is 17.1 Å². The highest BCUT2D eigenvalue weighted by molar-refractivity contribution is 6.36. The maximum atomic E-state index is 12.2. The SMILES string of the molecule is COc1c(Cl)cc(Cl)cc1/C=C(\C#N)C(=O)NCc1ccccc1. The Labute approximate surface area is 150 Å². The number of carbonyl (C=O) groups is 1. The van der Waals surface area contributed by atoms with Crippen LogP contribution in [0, 0.1) is 11.3 Å². The summed E-state index contributed by atoms with van der Waals surface area (Å²) in [5.74, 6) is -0.135. The maximum absolute atomic E-state index is 12.2. The summed E-state index contributed by atoms with van der Waals surface area (Å²) in [5, 5.41) is 12.7. The van der Waals surface area contributed by atoms with E-state index in [1.807, 2.05) is 36.4 Å². The highest BCUT2D eigenvalue weighted by atomic mass is 35.5. The summed E-state index contributed by atoms with van der Waals surface area (Å²) in [6.45, 7) is 0.326. The van der Waals surface area contributed by atoms with Crippen LogP contribution in [0.3, 0.4) is 0 Å². The molecule has 0 spiro atoms. The van der Waals surface area contributed by atoms with Crippen LogP contribution in [0.25, 0.3) is 6.08 Å². The summed E-state index contributed by atoms with van der Waals surface area (Å²) < 4.78 is 5.21. The highest BCUT2D eigenvalue weighted by Crippen LogP contribution is 2.33. The van der Waals surface area contributed by atoms with Crippen molar-refractivity contribution < 1.29 is 9.53 Å². The van der Waals surface area contributed by atoms with Crippen molar-refractivity contribution >= 4 is 35.2 Å². The van der Waals surface area contributed by atoms with E-state index in [9.17, 15) is 10.1 Å². The van der Waals surface area contributed by atoms with E-state index in [2.05, 4.69) is 5.32 Å². The fourth-order valence-electron chi connectivity index (χ4n) is 2.08. The third kappa shape index (κ3) is 4.51. The van der Waals surface area contributed by atoms with Gasteiger partial charge in [0.1, 0.15) is 17.4 Å². The molecule has 1 amide bonds. The molecule has 0 atom stereocenters. The van der Waals surface area contributed by atoms with Gasteiger partial charge in [0.15, 0.2) is 0 Å². The lowest BCUT2D eigenvalue weighted by Crippen LogP contribution is -2.23. The van der Waals surface area contributed by atoms with E-state index in [0.29, 0.717) is 27.9 Å². The van der Waals surface area contributed by atoms with Crippen molar-refractivity contribution in [2.45, 2.75) is 6.54 Å². The minimum absolute atomic E-state index is 0.0671. The predicted molar refractivity (Wildman–Crippen MR) is 94.9 cm³/mol. The van der Waals surface area contributed by atoms with Crippen LogP contribution in [0.1, 0.15) is 11.1 Å². The van der Waals surface area contributed by atoms with Crippen LogP contribution in [0.2, 0.25) is 10.0 Å². The Balaban J connectivity index is 2.23. The van der Waals surface area contributed by atoms with Crippen LogP contribution < -0.4 is 10.1 Å². The molecule has 0 fully saturated rings. The van der Waals surface area contributed by atoms with Gasteiger partial charge in [-0.15, -0.1) is 0 Å². The highest BCUT2D eigenvalue weighted by Gasteiger charge is 2.13. The molecule has 6 heteroatoms. The number of benzene rings is 2. The zero-order chi connectivity index (χ0) is 17.5. The zero-order valence-corrected chi connectivity index (χ0v) is 14.4. The van der Waals surface area contributed by atoms with Gasteiger partial charge in [-0.1, -0.05) is 53.5 Å². The molecule has 0 aromatic heterocycles. The molecule has 1 N–H and O–H groups in total. The molecule has 0 bridgehead atoms. The number of ether oxygens (including phenoxy) is 1. The Hall–Kier alpha value is -2.48. The fraction of sp³-hybridized carbons (Fsp3) is 0.111. The number of amides is 1. The number of halogens is 2. The van der Waals surface area contributed by atoms with E-state index in [1.165, 1.54) is 19.3 Å². The first kappa shape index (κ1) is 17.9. The van der Waals surface area contributed by atoms with E-state index in [0.717, 1.165) is 5.56 Å². The van der Waals surface area contributed by atoms with Gasteiger partial charge in [0.2, 0.25) is 0 Å². The molecule has 24 heavy (non-hydrogen) atoms. The second-order valence-corrected chi connectivity index (χ2v) is 5.69. The second-order valence-electron chi connectivity index (χ2n) is 4.85. The van der Waals surface area contributed by atoms with E-state index in [4.69, 9.17) is 27.9 Å². The number of carbonyl (C=O) groups excluding carboxylic acids is 1. The lowest BCUT2D eigenvalue weighted by atomic mass is 10.1. The number of methoxy groups -OCH3 is 1. The van der Waals surface area contributed by atoms with Gasteiger partial charge in [0.25, 0.3) is 5.91 Å². The monoisotopic (exact) mass is 360 g/mol. The summed E-state index contributed by atoms with van der Waals surface area (Å²) in [5.41, 5.74) is 1.33. The number of nitrogens with zero attached hydrogens (tertiary/aromatic N) is 1. The molecule has 0 radical (unpaired) electrons. The first-order valence-electron chi connectivity index (χ1n) is 7.02. The van der Waals surface area contributed by atoms with Gasteiger partial charge in [-0.25, -0.2) is 0 Å². The zero-order valence-electron chi connectivity index (χ0n) is 12.8. The Kier molecular flexibility index (Phi) is 6.25. The third-order valence-corrected chi connectivity index (χ3v) is 3.70. The molecule has 0 aliphatic rings. The lowest BCUT2D eigenvalue weighted by Gasteiger charge is -2.09. The average Bonchev–Trinajstić information content (AvgIpc) is 2.58. The molecule has 0 saturated heterocycles. The largest absolute Gasteiger partial charge is 0.495 e. The molecule has 0 aliphatic carbocycles. The van der Waals surface area contributed by atoms with Crippen molar-refractivity contribution in [3.63, 3.8) is 0 Å². The predicted octanol–water partition coefficient (Wildman–Crippen LogP) is 4.23. The maximum Gasteiger partial charge on any atom is 0.262 e. The standard InChI is InChI=1S/C18H14Cl2N2O2/c1-24-17-13(8-15(19)9-16(17)20)7-14(10-21)18(23)22-11-12-5-3-2-4-6-12/h2-9H,11H2,1H3,(H,22,23)/b14-7+. The first-order chi connectivity index (χ1) is 11.5. The average molecular weight is 361 g/mol. The summed E-state index contributed by atoms with van der Waals surface area (Å²) in [4.78, 5) is 12.2. The van der Waals surface area contributed by atoms with Crippen molar-refractivity contribution in [2.75, 3.05) is 7.11 Å². The number of hydrogen-bond donors (Lipinski definition) is 1. The van der Waals surface area contributed by atoms with E-state index >= 15 is 0 Å². The van der Waals surface area contributed by atoms with Gasteiger partial charge < -0.3 is 10.1 Å². The first-order valence-corrected chi connectivity index (χ1v) is 7.77. The van der Waals surface area contributed by atoms with Crippen molar-refractivity contribution in [2.24, 2.45) is 0 Å². The summed E-state index contributed by atoms with van der Waals surface area (Å²) >= 11 is 12.0. The number of hydrogen-bond acceptors (Lipinski definition) is 3. The van der Waals surface area contributed by atoms with E-state index in [-0.39, 0.29) is 5.57 Å². The Morgan fingerprint density at radius 3 is 2.62 bits per heavy atom. The van der Waals surface area contributed by atoms with Crippen LogP contribution >= 0.6 is 23.2 Å². The summed E-state index contributed by atoms with van der Waals surface area (Å²) in [6.07, 6.45) is 1.40. The van der Waals surface area contributed by atoms with E-state index < -0.39 is 5.91 Å². The smallest absolute Gasteiger partial charge is 0.262 e. The molecule has 0 aliphatic heterocycles. The topological polar surface area (TPSA) is 62.1 Å². The molecule has 2 rings (SSSR count). The van der Waals surface area contributed by atoms with Crippen LogP contribution in [-0.2, 0) is 11.3 Å². The number of nitriles is 1. The molecule has 0 unspecified atom stereocenters. The van der Waals surface area contributed by atoms with Crippen molar-refractivity contribution in [3.05, 3.63) is 69.2 Å². The van der Waals surface area contributed by atoms with E-state index in [1.54, 1.807) is 6.07 Å².